The SMILES string of the molecule is O=C(CSc1ccc([N+](=O)[O-])cc1)Nc1cccc(CN2CCCC2=O)c1. The lowest BCUT2D eigenvalue weighted by Gasteiger charge is -2.16. The first-order valence-corrected chi connectivity index (χ1v) is 9.53. The molecular formula is C19H19N3O4S. The molecule has 0 aromatic heterocycles. The van der Waals surface area contributed by atoms with Gasteiger partial charge < -0.3 is 10.2 Å². The number of thioether (sulfide) groups is 1. The number of amides is 2. The second-order valence-electron chi connectivity index (χ2n) is 6.21. The molecule has 0 atom stereocenters. The van der Waals surface area contributed by atoms with Gasteiger partial charge in [-0.15, -0.1) is 11.8 Å². The summed E-state index contributed by atoms with van der Waals surface area (Å²) in [4.78, 5) is 36.7. The maximum atomic E-state index is 12.2. The quantitative estimate of drug-likeness (QED) is 0.448. The van der Waals surface area contributed by atoms with Crippen LogP contribution in [0.25, 0.3) is 0 Å². The Hall–Kier alpha value is -2.87. The van der Waals surface area contributed by atoms with Crippen molar-refractivity contribution in [3.05, 3.63) is 64.2 Å². The molecule has 1 fully saturated rings. The number of nitrogens with one attached hydrogen (secondary N) is 1. The Labute approximate surface area is 160 Å². The second kappa shape index (κ2) is 8.68. The number of rotatable bonds is 7. The number of non-ortho nitro benzene ring substituents is 1. The number of anilines is 1. The van der Waals surface area contributed by atoms with Gasteiger partial charge in [0.25, 0.3) is 5.69 Å². The summed E-state index contributed by atoms with van der Waals surface area (Å²) < 4.78 is 0. The lowest BCUT2D eigenvalue weighted by molar-refractivity contribution is -0.384. The van der Waals surface area contributed by atoms with E-state index in [1.54, 1.807) is 12.1 Å². The zero-order chi connectivity index (χ0) is 19.2. The Morgan fingerprint density at radius 2 is 2.00 bits per heavy atom. The Balaban J connectivity index is 1.52. The number of carbonyl (C=O) groups is 2. The molecule has 1 heterocycles. The van der Waals surface area contributed by atoms with Gasteiger partial charge in [0.05, 0.1) is 10.7 Å². The molecule has 8 heteroatoms. The Morgan fingerprint density at radius 1 is 1.22 bits per heavy atom. The van der Waals surface area contributed by atoms with Gasteiger partial charge in [-0.2, -0.15) is 0 Å². The summed E-state index contributed by atoms with van der Waals surface area (Å²) in [6.07, 6.45) is 1.51. The van der Waals surface area contributed by atoms with Crippen LogP contribution in [0.3, 0.4) is 0 Å². The summed E-state index contributed by atoms with van der Waals surface area (Å²) in [5.74, 6) is 0.212. The van der Waals surface area contributed by atoms with Crippen molar-refractivity contribution < 1.29 is 14.5 Å². The Kier molecular flexibility index (Phi) is 6.08. The summed E-state index contributed by atoms with van der Waals surface area (Å²) in [6, 6.07) is 13.6. The van der Waals surface area contributed by atoms with E-state index in [4.69, 9.17) is 0 Å². The smallest absolute Gasteiger partial charge is 0.269 e. The van der Waals surface area contributed by atoms with Crippen molar-refractivity contribution in [2.45, 2.75) is 24.3 Å². The molecule has 1 aliphatic rings. The van der Waals surface area contributed by atoms with Crippen LogP contribution in [0.5, 0.6) is 0 Å². The number of hydrogen-bond donors (Lipinski definition) is 1. The van der Waals surface area contributed by atoms with E-state index in [0.717, 1.165) is 23.4 Å². The number of benzene rings is 2. The van der Waals surface area contributed by atoms with Crippen LogP contribution in [0.15, 0.2) is 53.4 Å². The molecule has 1 aliphatic heterocycles. The molecule has 2 aromatic rings. The fraction of sp³-hybridized carbons (Fsp3) is 0.263. The maximum Gasteiger partial charge on any atom is 0.269 e. The van der Waals surface area contributed by atoms with Crippen molar-refractivity contribution in [2.24, 2.45) is 0 Å². The highest BCUT2D eigenvalue weighted by atomic mass is 32.2. The fourth-order valence-corrected chi connectivity index (χ4v) is 3.55. The summed E-state index contributed by atoms with van der Waals surface area (Å²) in [7, 11) is 0. The molecule has 0 unspecified atom stereocenters. The van der Waals surface area contributed by atoms with Crippen LogP contribution in [0.2, 0.25) is 0 Å². The number of nitrogens with zero attached hydrogens (tertiary/aromatic N) is 2. The predicted octanol–water partition coefficient (Wildman–Crippen LogP) is 3.45. The van der Waals surface area contributed by atoms with E-state index in [1.807, 2.05) is 29.2 Å². The minimum atomic E-state index is -0.455. The number of nitro groups is 1. The van der Waals surface area contributed by atoms with Gasteiger partial charge in [0.1, 0.15) is 0 Å². The van der Waals surface area contributed by atoms with Gasteiger partial charge in [0.15, 0.2) is 0 Å². The van der Waals surface area contributed by atoms with Crippen molar-refractivity contribution in [1.29, 1.82) is 0 Å². The molecule has 0 aliphatic carbocycles. The zero-order valence-electron chi connectivity index (χ0n) is 14.6. The molecular weight excluding hydrogens is 366 g/mol. The van der Waals surface area contributed by atoms with Gasteiger partial charge >= 0.3 is 0 Å². The molecule has 7 nitrogen and oxygen atoms in total. The fourth-order valence-electron chi connectivity index (χ4n) is 2.85. The van der Waals surface area contributed by atoms with Crippen molar-refractivity contribution >= 4 is 35.0 Å². The highest BCUT2D eigenvalue weighted by molar-refractivity contribution is 8.00. The van der Waals surface area contributed by atoms with Crippen LogP contribution < -0.4 is 5.32 Å². The standard InChI is InChI=1S/C19H19N3O4S/c23-18(13-27-17-8-6-16(7-9-17)22(25)26)20-15-4-1-3-14(11-15)12-21-10-2-5-19(21)24/h1,3-4,6-9,11H,2,5,10,12-13H2,(H,20,23). The van der Waals surface area contributed by atoms with Crippen LogP contribution in [0.1, 0.15) is 18.4 Å². The average molecular weight is 385 g/mol. The maximum absolute atomic E-state index is 12.2. The minimum absolute atomic E-state index is 0.0251. The predicted molar refractivity (Wildman–Crippen MR) is 104 cm³/mol. The minimum Gasteiger partial charge on any atom is -0.338 e. The molecule has 1 saturated heterocycles. The van der Waals surface area contributed by atoms with Crippen LogP contribution >= 0.6 is 11.8 Å². The van der Waals surface area contributed by atoms with Gasteiger partial charge in [-0.1, -0.05) is 12.1 Å². The number of nitro benzene ring substituents is 1. The molecule has 0 radical (unpaired) electrons. The molecule has 0 bridgehead atoms. The van der Waals surface area contributed by atoms with Crippen molar-refractivity contribution in [1.82, 2.24) is 4.90 Å². The van der Waals surface area contributed by atoms with E-state index < -0.39 is 4.92 Å². The third-order valence-electron chi connectivity index (χ3n) is 4.17. The second-order valence-corrected chi connectivity index (χ2v) is 7.26. The highest BCUT2D eigenvalue weighted by Gasteiger charge is 2.20. The molecule has 27 heavy (non-hydrogen) atoms. The molecule has 1 N–H and O–H groups in total. The summed E-state index contributed by atoms with van der Waals surface area (Å²) in [6.45, 7) is 1.33. The lowest BCUT2D eigenvalue weighted by Crippen LogP contribution is -2.23. The first-order valence-electron chi connectivity index (χ1n) is 8.55. The lowest BCUT2D eigenvalue weighted by atomic mass is 10.2. The van der Waals surface area contributed by atoms with Gasteiger partial charge in [-0.3, -0.25) is 19.7 Å². The van der Waals surface area contributed by atoms with E-state index in [-0.39, 0.29) is 23.3 Å². The van der Waals surface area contributed by atoms with E-state index in [9.17, 15) is 19.7 Å². The van der Waals surface area contributed by atoms with E-state index in [2.05, 4.69) is 5.32 Å². The molecule has 2 amide bonds. The number of likely N-dealkylation sites (tertiary alicyclic amines) is 1. The summed E-state index contributed by atoms with van der Waals surface area (Å²) >= 11 is 1.31. The number of carbonyl (C=O) groups excluding carboxylic acids is 2. The van der Waals surface area contributed by atoms with Crippen LogP contribution in [0, 0.1) is 10.1 Å². The Bertz CT molecular complexity index is 854. The molecule has 0 spiro atoms. The third kappa shape index (κ3) is 5.30. The molecule has 140 valence electrons. The van der Waals surface area contributed by atoms with E-state index in [1.165, 1.54) is 23.9 Å². The number of hydrogen-bond acceptors (Lipinski definition) is 5. The van der Waals surface area contributed by atoms with Crippen molar-refractivity contribution in [2.75, 3.05) is 17.6 Å². The summed E-state index contributed by atoms with van der Waals surface area (Å²) in [5.41, 5.74) is 1.69. The molecule has 3 rings (SSSR count). The zero-order valence-corrected chi connectivity index (χ0v) is 15.4. The topological polar surface area (TPSA) is 92.5 Å². The van der Waals surface area contributed by atoms with Crippen LogP contribution in [0.4, 0.5) is 11.4 Å². The van der Waals surface area contributed by atoms with E-state index in [0.29, 0.717) is 18.7 Å². The van der Waals surface area contributed by atoms with Gasteiger partial charge in [0.2, 0.25) is 11.8 Å². The van der Waals surface area contributed by atoms with Crippen LogP contribution in [-0.4, -0.2) is 33.9 Å². The van der Waals surface area contributed by atoms with E-state index >= 15 is 0 Å². The van der Waals surface area contributed by atoms with Gasteiger partial charge in [-0.05, 0) is 36.2 Å². The first kappa shape index (κ1) is 18.9. The van der Waals surface area contributed by atoms with Crippen molar-refractivity contribution in [3.8, 4) is 0 Å². The van der Waals surface area contributed by atoms with Crippen molar-refractivity contribution in [3.63, 3.8) is 0 Å². The average Bonchev–Trinajstić information content (AvgIpc) is 3.05. The molecule has 0 saturated carbocycles. The normalized spacial score (nSPS) is 13.6. The van der Waals surface area contributed by atoms with Crippen LogP contribution in [-0.2, 0) is 16.1 Å². The van der Waals surface area contributed by atoms with Gasteiger partial charge in [0, 0.05) is 42.2 Å². The Morgan fingerprint density at radius 3 is 2.67 bits per heavy atom. The van der Waals surface area contributed by atoms with Gasteiger partial charge in [-0.25, -0.2) is 0 Å². The molecule has 2 aromatic carbocycles. The monoisotopic (exact) mass is 385 g/mol. The highest BCUT2D eigenvalue weighted by Crippen LogP contribution is 2.22. The summed E-state index contributed by atoms with van der Waals surface area (Å²) in [5, 5.41) is 13.5. The largest absolute Gasteiger partial charge is 0.338 e. The third-order valence-corrected chi connectivity index (χ3v) is 5.19. The first-order chi connectivity index (χ1) is 13.0.